The maximum atomic E-state index is 13.5. The number of halogens is 5. The average Bonchev–Trinajstić information content (AvgIpc) is 2.26. The molecule has 1 rings (SSSR count). The minimum Gasteiger partial charge on any atom is -0.399 e. The summed E-state index contributed by atoms with van der Waals surface area (Å²) in [6.45, 7) is 0. The molecular formula is C9H7F5N4O. The molecule has 0 spiro atoms. The Morgan fingerprint density at radius 3 is 2.37 bits per heavy atom. The van der Waals surface area contributed by atoms with E-state index in [1.54, 1.807) is 0 Å². The van der Waals surface area contributed by atoms with Crippen molar-refractivity contribution in [3.05, 3.63) is 29.3 Å². The number of nitrogens with zero attached hydrogens (tertiary/aromatic N) is 2. The number of guanidine groups is 1. The Labute approximate surface area is 103 Å². The molecule has 0 heterocycles. The molecule has 0 saturated heterocycles. The monoisotopic (exact) mass is 282 g/mol. The SMILES string of the molecule is NC(N)=NN=Cc1ccc(F)c(OC(F)(F)F)c1F. The van der Waals surface area contributed by atoms with Crippen LogP contribution in [0.4, 0.5) is 22.0 Å². The molecule has 0 amide bonds. The quantitative estimate of drug-likeness (QED) is 0.381. The van der Waals surface area contributed by atoms with Crippen LogP contribution in [0.2, 0.25) is 0 Å². The van der Waals surface area contributed by atoms with Gasteiger partial charge in [-0.05, 0) is 12.1 Å². The number of rotatable bonds is 3. The van der Waals surface area contributed by atoms with Crippen molar-refractivity contribution in [1.82, 2.24) is 0 Å². The van der Waals surface area contributed by atoms with E-state index in [4.69, 9.17) is 11.5 Å². The van der Waals surface area contributed by atoms with Crippen LogP contribution in [0.25, 0.3) is 0 Å². The third-order valence-corrected chi connectivity index (χ3v) is 1.67. The molecule has 104 valence electrons. The van der Waals surface area contributed by atoms with Crippen molar-refractivity contribution in [3.8, 4) is 5.75 Å². The molecule has 0 atom stereocenters. The van der Waals surface area contributed by atoms with Crippen LogP contribution in [0, 0.1) is 11.6 Å². The summed E-state index contributed by atoms with van der Waals surface area (Å²) < 4.78 is 65.6. The van der Waals surface area contributed by atoms with Crippen molar-refractivity contribution in [2.45, 2.75) is 6.36 Å². The third-order valence-electron chi connectivity index (χ3n) is 1.67. The fourth-order valence-corrected chi connectivity index (χ4v) is 1.01. The van der Waals surface area contributed by atoms with Crippen LogP contribution >= 0.6 is 0 Å². The maximum absolute atomic E-state index is 13.5. The zero-order chi connectivity index (χ0) is 14.6. The van der Waals surface area contributed by atoms with Crippen LogP contribution in [0.15, 0.2) is 22.3 Å². The van der Waals surface area contributed by atoms with Gasteiger partial charge in [-0.15, -0.1) is 18.3 Å². The van der Waals surface area contributed by atoms with E-state index in [-0.39, 0.29) is 0 Å². The molecular weight excluding hydrogens is 275 g/mol. The van der Waals surface area contributed by atoms with Gasteiger partial charge in [-0.1, -0.05) is 0 Å². The van der Waals surface area contributed by atoms with Gasteiger partial charge in [0.15, 0.2) is 11.6 Å². The molecule has 0 aromatic heterocycles. The summed E-state index contributed by atoms with van der Waals surface area (Å²) in [5.41, 5.74) is 9.36. The summed E-state index contributed by atoms with van der Waals surface area (Å²) in [5, 5.41) is 6.29. The van der Waals surface area contributed by atoms with Gasteiger partial charge >= 0.3 is 6.36 Å². The smallest absolute Gasteiger partial charge is 0.399 e. The molecule has 0 aliphatic carbocycles. The Balaban J connectivity index is 3.13. The zero-order valence-corrected chi connectivity index (χ0v) is 9.08. The number of nitrogens with two attached hydrogens (primary N) is 2. The standard InChI is InChI=1S/C9H7F5N4O/c10-5-2-1-4(3-17-18-8(15)16)6(11)7(5)19-9(12,13)14/h1-3H,(H4,15,16,18). The number of hydrogen-bond donors (Lipinski definition) is 2. The highest BCUT2D eigenvalue weighted by Gasteiger charge is 2.34. The van der Waals surface area contributed by atoms with E-state index in [2.05, 4.69) is 14.9 Å². The molecule has 1 aromatic rings. The van der Waals surface area contributed by atoms with Gasteiger partial charge in [0.25, 0.3) is 0 Å². The first-order valence-electron chi connectivity index (χ1n) is 4.56. The van der Waals surface area contributed by atoms with Crippen LogP contribution in [0.3, 0.4) is 0 Å². The first-order valence-corrected chi connectivity index (χ1v) is 4.56. The lowest BCUT2D eigenvalue weighted by Gasteiger charge is -2.11. The summed E-state index contributed by atoms with van der Waals surface area (Å²) in [5.74, 6) is -5.10. The molecule has 0 aliphatic heterocycles. The van der Waals surface area contributed by atoms with Gasteiger partial charge in [-0.2, -0.15) is 5.10 Å². The topological polar surface area (TPSA) is 86.0 Å². The Morgan fingerprint density at radius 2 is 1.84 bits per heavy atom. The molecule has 0 bridgehead atoms. The summed E-state index contributed by atoms with van der Waals surface area (Å²) >= 11 is 0. The fourth-order valence-electron chi connectivity index (χ4n) is 1.01. The van der Waals surface area contributed by atoms with Crippen LogP contribution < -0.4 is 16.2 Å². The predicted octanol–water partition coefficient (Wildman–Crippen LogP) is 1.47. The van der Waals surface area contributed by atoms with E-state index >= 15 is 0 Å². The molecule has 0 saturated carbocycles. The molecule has 1 aromatic carbocycles. The summed E-state index contributed by atoms with van der Waals surface area (Å²) in [6, 6.07) is 1.43. The van der Waals surface area contributed by atoms with Crippen molar-refractivity contribution in [2.24, 2.45) is 21.7 Å². The highest BCUT2D eigenvalue weighted by molar-refractivity contribution is 5.82. The molecule has 19 heavy (non-hydrogen) atoms. The second-order valence-corrected chi connectivity index (χ2v) is 3.10. The van der Waals surface area contributed by atoms with E-state index in [0.29, 0.717) is 12.3 Å². The molecule has 0 radical (unpaired) electrons. The lowest BCUT2D eigenvalue weighted by molar-refractivity contribution is -0.276. The molecule has 10 heteroatoms. The van der Waals surface area contributed by atoms with Gasteiger partial charge in [0, 0.05) is 5.56 Å². The van der Waals surface area contributed by atoms with E-state index in [1.807, 2.05) is 0 Å². The normalized spacial score (nSPS) is 11.6. The fraction of sp³-hybridized carbons (Fsp3) is 0.111. The van der Waals surface area contributed by atoms with Crippen molar-refractivity contribution in [3.63, 3.8) is 0 Å². The van der Waals surface area contributed by atoms with Gasteiger partial charge in [-0.25, -0.2) is 8.78 Å². The van der Waals surface area contributed by atoms with Crippen molar-refractivity contribution >= 4 is 12.2 Å². The van der Waals surface area contributed by atoms with Crippen LogP contribution in [0.5, 0.6) is 5.75 Å². The molecule has 0 unspecified atom stereocenters. The number of hydrogen-bond acceptors (Lipinski definition) is 3. The van der Waals surface area contributed by atoms with Gasteiger partial charge in [0.05, 0.1) is 6.21 Å². The van der Waals surface area contributed by atoms with Gasteiger partial charge in [-0.3, -0.25) is 0 Å². The molecule has 5 nitrogen and oxygen atoms in total. The van der Waals surface area contributed by atoms with E-state index in [0.717, 1.165) is 6.07 Å². The molecule has 0 fully saturated rings. The zero-order valence-electron chi connectivity index (χ0n) is 9.08. The van der Waals surface area contributed by atoms with E-state index < -0.39 is 35.3 Å². The second kappa shape index (κ2) is 5.50. The summed E-state index contributed by atoms with van der Waals surface area (Å²) in [4.78, 5) is 0. The highest BCUT2D eigenvalue weighted by atomic mass is 19.4. The summed E-state index contributed by atoms with van der Waals surface area (Å²) in [6.07, 6.45) is -4.52. The molecule has 0 aliphatic rings. The Kier molecular flexibility index (Phi) is 4.25. The van der Waals surface area contributed by atoms with E-state index in [9.17, 15) is 22.0 Å². The lowest BCUT2D eigenvalue weighted by Crippen LogP contribution is -2.21. The number of benzene rings is 1. The minimum atomic E-state index is -5.22. The van der Waals surface area contributed by atoms with Gasteiger partial charge in [0.2, 0.25) is 11.7 Å². The van der Waals surface area contributed by atoms with Gasteiger partial charge < -0.3 is 16.2 Å². The second-order valence-electron chi connectivity index (χ2n) is 3.10. The van der Waals surface area contributed by atoms with Crippen molar-refractivity contribution in [1.29, 1.82) is 0 Å². The first kappa shape index (κ1) is 14.7. The van der Waals surface area contributed by atoms with Crippen LogP contribution in [-0.4, -0.2) is 18.5 Å². The number of alkyl halides is 3. The Hall–Kier alpha value is -2.39. The van der Waals surface area contributed by atoms with Crippen molar-refractivity contribution in [2.75, 3.05) is 0 Å². The van der Waals surface area contributed by atoms with Crippen LogP contribution in [0.1, 0.15) is 5.56 Å². The summed E-state index contributed by atoms with van der Waals surface area (Å²) in [7, 11) is 0. The lowest BCUT2D eigenvalue weighted by atomic mass is 10.2. The van der Waals surface area contributed by atoms with Crippen LogP contribution in [-0.2, 0) is 0 Å². The molecule has 4 N–H and O–H groups in total. The predicted molar refractivity (Wildman–Crippen MR) is 56.4 cm³/mol. The average molecular weight is 282 g/mol. The maximum Gasteiger partial charge on any atom is 0.573 e. The van der Waals surface area contributed by atoms with Crippen molar-refractivity contribution < 1.29 is 26.7 Å². The Bertz CT molecular complexity index is 522. The minimum absolute atomic E-state index is 0.439. The third kappa shape index (κ3) is 4.41. The van der Waals surface area contributed by atoms with Gasteiger partial charge in [0.1, 0.15) is 0 Å². The highest BCUT2D eigenvalue weighted by Crippen LogP contribution is 2.29. The first-order chi connectivity index (χ1) is 8.70. The Morgan fingerprint density at radius 1 is 1.21 bits per heavy atom. The van der Waals surface area contributed by atoms with E-state index in [1.165, 1.54) is 0 Å². The largest absolute Gasteiger partial charge is 0.573 e. The number of ether oxygens (including phenoxy) is 1.